The molecule has 0 aliphatic carbocycles. The summed E-state index contributed by atoms with van der Waals surface area (Å²) in [7, 11) is 0. The zero-order chi connectivity index (χ0) is 17.0. The Hall–Kier alpha value is -2.32. The van der Waals surface area contributed by atoms with Gasteiger partial charge in [-0.25, -0.2) is 9.79 Å². The van der Waals surface area contributed by atoms with Crippen LogP contribution in [0, 0.1) is 6.92 Å². The predicted molar refractivity (Wildman–Crippen MR) is 83.7 cm³/mol. The fourth-order valence-electron chi connectivity index (χ4n) is 2.10. The standard InChI is InChI=1S/C14H24N6O3/c1-10-17-11(23-18-10)9-16-12(15)19-5-7-20(8-6-19)13(21)22-14(2,3)4/h5-9H2,1-4H3,(H2,15,16). The number of aliphatic imine (C=N–C) groups is 1. The second kappa shape index (κ2) is 6.84. The van der Waals surface area contributed by atoms with E-state index in [1.165, 1.54) is 0 Å². The number of guanidine groups is 1. The van der Waals surface area contributed by atoms with Crippen molar-refractivity contribution in [3.05, 3.63) is 11.7 Å². The van der Waals surface area contributed by atoms with Gasteiger partial charge in [-0.15, -0.1) is 0 Å². The number of aromatic nitrogens is 2. The molecule has 23 heavy (non-hydrogen) atoms. The smallest absolute Gasteiger partial charge is 0.410 e. The highest BCUT2D eigenvalue weighted by atomic mass is 16.6. The molecule has 2 rings (SSSR count). The first-order chi connectivity index (χ1) is 10.7. The van der Waals surface area contributed by atoms with Crippen molar-refractivity contribution < 1.29 is 14.1 Å². The van der Waals surface area contributed by atoms with Crippen LogP contribution in [0.15, 0.2) is 9.52 Å². The first kappa shape index (κ1) is 17.0. The third-order valence-electron chi connectivity index (χ3n) is 3.20. The van der Waals surface area contributed by atoms with E-state index in [1.807, 2.05) is 25.7 Å². The summed E-state index contributed by atoms with van der Waals surface area (Å²) < 4.78 is 10.3. The molecule has 0 saturated carbocycles. The highest BCUT2D eigenvalue weighted by molar-refractivity contribution is 5.78. The molecule has 2 heterocycles. The van der Waals surface area contributed by atoms with E-state index in [0.29, 0.717) is 43.9 Å². The first-order valence-corrected chi connectivity index (χ1v) is 7.56. The molecule has 9 heteroatoms. The van der Waals surface area contributed by atoms with Crippen LogP contribution in [0.2, 0.25) is 0 Å². The van der Waals surface area contributed by atoms with E-state index < -0.39 is 5.60 Å². The maximum atomic E-state index is 12.0. The number of hydrogen-bond acceptors (Lipinski definition) is 6. The lowest BCUT2D eigenvalue weighted by atomic mass is 10.2. The van der Waals surface area contributed by atoms with Crippen LogP contribution in [-0.4, -0.2) is 63.8 Å². The molecule has 0 bridgehead atoms. The lowest BCUT2D eigenvalue weighted by Crippen LogP contribution is -2.53. The number of carbonyl (C=O) groups is 1. The summed E-state index contributed by atoms with van der Waals surface area (Å²) in [6, 6.07) is 0. The van der Waals surface area contributed by atoms with Crippen LogP contribution in [0.3, 0.4) is 0 Å². The monoisotopic (exact) mass is 324 g/mol. The largest absolute Gasteiger partial charge is 0.444 e. The maximum absolute atomic E-state index is 12.0. The molecular formula is C14H24N6O3. The van der Waals surface area contributed by atoms with Gasteiger partial charge in [0, 0.05) is 26.2 Å². The molecule has 1 amide bonds. The zero-order valence-corrected chi connectivity index (χ0v) is 14.1. The van der Waals surface area contributed by atoms with Gasteiger partial charge in [-0.3, -0.25) is 0 Å². The van der Waals surface area contributed by atoms with Crippen molar-refractivity contribution >= 4 is 12.1 Å². The van der Waals surface area contributed by atoms with Crippen LogP contribution in [0.5, 0.6) is 0 Å². The molecule has 1 aliphatic rings. The van der Waals surface area contributed by atoms with Crippen LogP contribution in [0.4, 0.5) is 4.79 Å². The van der Waals surface area contributed by atoms with Crippen LogP contribution in [0.1, 0.15) is 32.5 Å². The van der Waals surface area contributed by atoms with E-state index in [2.05, 4.69) is 15.1 Å². The Morgan fingerprint density at radius 2 is 1.91 bits per heavy atom. The van der Waals surface area contributed by atoms with Crippen LogP contribution in [-0.2, 0) is 11.3 Å². The van der Waals surface area contributed by atoms with Crippen LogP contribution < -0.4 is 5.73 Å². The van der Waals surface area contributed by atoms with Gasteiger partial charge in [-0.1, -0.05) is 5.16 Å². The third-order valence-corrected chi connectivity index (χ3v) is 3.20. The van der Waals surface area contributed by atoms with Crippen molar-refractivity contribution in [1.29, 1.82) is 0 Å². The van der Waals surface area contributed by atoms with Gasteiger partial charge in [0.1, 0.15) is 12.1 Å². The van der Waals surface area contributed by atoms with Crippen LogP contribution >= 0.6 is 0 Å². The van der Waals surface area contributed by atoms with Gasteiger partial charge >= 0.3 is 6.09 Å². The Labute approximate surface area is 135 Å². The Morgan fingerprint density at radius 3 is 2.43 bits per heavy atom. The molecule has 0 radical (unpaired) electrons. The Balaban J connectivity index is 1.82. The number of amides is 1. The van der Waals surface area contributed by atoms with Crippen LogP contribution in [0.25, 0.3) is 0 Å². The van der Waals surface area contributed by atoms with Crippen molar-refractivity contribution in [2.24, 2.45) is 10.7 Å². The minimum absolute atomic E-state index is 0.249. The van der Waals surface area contributed by atoms with Gasteiger partial charge < -0.3 is 24.8 Å². The lowest BCUT2D eigenvalue weighted by Gasteiger charge is -2.36. The molecule has 0 atom stereocenters. The summed E-state index contributed by atoms with van der Waals surface area (Å²) in [4.78, 5) is 23.9. The zero-order valence-electron chi connectivity index (χ0n) is 14.1. The minimum Gasteiger partial charge on any atom is -0.444 e. The molecule has 1 saturated heterocycles. The van der Waals surface area contributed by atoms with Gasteiger partial charge in [0.25, 0.3) is 0 Å². The van der Waals surface area contributed by atoms with Crippen molar-refractivity contribution in [2.75, 3.05) is 26.2 Å². The highest BCUT2D eigenvalue weighted by Gasteiger charge is 2.26. The molecule has 0 spiro atoms. The summed E-state index contributed by atoms with van der Waals surface area (Å²) >= 11 is 0. The average molecular weight is 324 g/mol. The SMILES string of the molecule is Cc1noc(CN=C(N)N2CCN(C(=O)OC(C)(C)C)CC2)n1. The Bertz CT molecular complexity index is 569. The van der Waals surface area contributed by atoms with Gasteiger partial charge in [-0.05, 0) is 27.7 Å². The fraction of sp³-hybridized carbons (Fsp3) is 0.714. The third kappa shape index (κ3) is 5.11. The normalized spacial score (nSPS) is 16.6. The number of nitrogens with zero attached hydrogens (tertiary/aromatic N) is 5. The molecule has 1 fully saturated rings. The van der Waals surface area contributed by atoms with Crippen molar-refractivity contribution in [1.82, 2.24) is 19.9 Å². The quantitative estimate of drug-likeness (QED) is 0.631. The molecule has 1 aromatic heterocycles. The number of aryl methyl sites for hydroxylation is 1. The number of rotatable bonds is 2. The Morgan fingerprint density at radius 1 is 1.30 bits per heavy atom. The summed E-state index contributed by atoms with van der Waals surface area (Å²) in [6.07, 6.45) is -0.297. The van der Waals surface area contributed by atoms with Crippen molar-refractivity contribution in [3.63, 3.8) is 0 Å². The Kier molecular flexibility index (Phi) is 5.07. The molecule has 1 aromatic rings. The highest BCUT2D eigenvalue weighted by Crippen LogP contribution is 2.12. The number of carbonyl (C=O) groups excluding carboxylic acids is 1. The maximum Gasteiger partial charge on any atom is 0.410 e. The van der Waals surface area contributed by atoms with Gasteiger partial charge in [0.05, 0.1) is 0 Å². The second-order valence-electron chi connectivity index (χ2n) is 6.36. The van der Waals surface area contributed by atoms with Crippen molar-refractivity contribution in [2.45, 2.75) is 39.8 Å². The lowest BCUT2D eigenvalue weighted by molar-refractivity contribution is 0.0186. The predicted octanol–water partition coefficient (Wildman–Crippen LogP) is 0.745. The molecular weight excluding hydrogens is 300 g/mol. The number of ether oxygens (including phenoxy) is 1. The van der Waals surface area contributed by atoms with Gasteiger partial charge in [0.15, 0.2) is 11.8 Å². The molecule has 0 unspecified atom stereocenters. The van der Waals surface area contributed by atoms with E-state index in [-0.39, 0.29) is 12.6 Å². The number of nitrogens with two attached hydrogens (primary N) is 1. The minimum atomic E-state index is -0.489. The van der Waals surface area contributed by atoms with E-state index in [9.17, 15) is 4.79 Å². The van der Waals surface area contributed by atoms with E-state index in [4.69, 9.17) is 15.0 Å². The van der Waals surface area contributed by atoms with Gasteiger partial charge in [0.2, 0.25) is 5.89 Å². The molecule has 2 N–H and O–H groups in total. The first-order valence-electron chi connectivity index (χ1n) is 7.56. The molecule has 1 aliphatic heterocycles. The topological polar surface area (TPSA) is 110 Å². The average Bonchev–Trinajstić information content (AvgIpc) is 2.89. The number of hydrogen-bond donors (Lipinski definition) is 1. The summed E-state index contributed by atoms with van der Waals surface area (Å²) in [5, 5.41) is 3.70. The molecule has 9 nitrogen and oxygen atoms in total. The van der Waals surface area contributed by atoms with E-state index in [0.717, 1.165) is 0 Å². The molecule has 0 aromatic carbocycles. The van der Waals surface area contributed by atoms with Crippen molar-refractivity contribution in [3.8, 4) is 0 Å². The van der Waals surface area contributed by atoms with Gasteiger partial charge in [-0.2, -0.15) is 4.98 Å². The molecule has 128 valence electrons. The second-order valence-corrected chi connectivity index (χ2v) is 6.36. The fourth-order valence-corrected chi connectivity index (χ4v) is 2.10. The summed E-state index contributed by atoms with van der Waals surface area (Å²) in [5.74, 6) is 1.40. The van der Waals surface area contributed by atoms with E-state index >= 15 is 0 Å². The summed E-state index contributed by atoms with van der Waals surface area (Å²) in [5.41, 5.74) is 5.49. The van der Waals surface area contributed by atoms with E-state index in [1.54, 1.807) is 11.8 Å². The number of piperazine rings is 1. The summed E-state index contributed by atoms with van der Waals surface area (Å²) in [6.45, 7) is 9.86.